The maximum Gasteiger partial charge on any atom is 0.339 e. The van der Waals surface area contributed by atoms with Gasteiger partial charge in [-0.25, -0.2) is 9.59 Å². The lowest BCUT2D eigenvalue weighted by Crippen LogP contribution is -2.21. The van der Waals surface area contributed by atoms with Crippen molar-refractivity contribution in [1.82, 2.24) is 9.97 Å². The van der Waals surface area contributed by atoms with E-state index in [9.17, 15) is 19.6 Å². The van der Waals surface area contributed by atoms with Gasteiger partial charge in [0.15, 0.2) is 6.61 Å². The highest BCUT2D eigenvalue weighted by Gasteiger charge is 2.17. The second-order valence-electron chi connectivity index (χ2n) is 6.67. The first-order valence-electron chi connectivity index (χ1n) is 9.33. The number of benzene rings is 3. The van der Waals surface area contributed by atoms with Crippen LogP contribution in [0.5, 0.6) is 0 Å². The largest absolute Gasteiger partial charge is 0.452 e. The van der Waals surface area contributed by atoms with E-state index >= 15 is 0 Å². The van der Waals surface area contributed by atoms with E-state index < -0.39 is 18.5 Å². The summed E-state index contributed by atoms with van der Waals surface area (Å²) in [5.74, 6) is -1.20. The number of nitrogens with zero attached hydrogens (tertiary/aromatic N) is 1. The molecule has 0 bridgehead atoms. The Bertz CT molecular complexity index is 1390. The Hall–Kier alpha value is -4.64. The minimum absolute atomic E-state index is 0.254. The number of carbonyl (C=O) groups is 2. The molecule has 152 valence electrons. The number of imidazole rings is 1. The Morgan fingerprint density at radius 2 is 1.65 bits per heavy atom. The fourth-order valence-corrected chi connectivity index (χ4v) is 3.23. The van der Waals surface area contributed by atoms with Gasteiger partial charge in [-0.1, -0.05) is 36.4 Å². The molecule has 0 radical (unpaired) electrons. The van der Waals surface area contributed by atoms with E-state index in [1.807, 2.05) is 0 Å². The van der Waals surface area contributed by atoms with Gasteiger partial charge in [0, 0.05) is 11.3 Å². The molecule has 0 fully saturated rings. The second kappa shape index (κ2) is 8.39. The van der Waals surface area contributed by atoms with Crippen LogP contribution in [0.2, 0.25) is 0 Å². The highest BCUT2D eigenvalue weighted by atomic mass is 16.5. The second-order valence-corrected chi connectivity index (χ2v) is 6.67. The number of rotatable bonds is 5. The van der Waals surface area contributed by atoms with E-state index in [2.05, 4.69) is 21.4 Å². The summed E-state index contributed by atoms with van der Waals surface area (Å²) >= 11 is 0. The number of nitriles is 1. The Labute approximate surface area is 176 Å². The van der Waals surface area contributed by atoms with Crippen LogP contribution in [-0.4, -0.2) is 28.5 Å². The first-order valence-corrected chi connectivity index (χ1v) is 9.33. The molecule has 4 rings (SSSR count). The summed E-state index contributed by atoms with van der Waals surface area (Å²) in [6.07, 6.45) is 0. The molecule has 0 aliphatic carbocycles. The van der Waals surface area contributed by atoms with Crippen LogP contribution in [0.1, 0.15) is 15.9 Å². The molecule has 3 aromatic carbocycles. The van der Waals surface area contributed by atoms with Gasteiger partial charge in [-0.2, -0.15) is 5.26 Å². The summed E-state index contributed by atoms with van der Waals surface area (Å²) in [6.45, 7) is -0.491. The summed E-state index contributed by atoms with van der Waals surface area (Å²) in [4.78, 5) is 41.4. The zero-order chi connectivity index (χ0) is 21.8. The average molecular weight is 412 g/mol. The monoisotopic (exact) mass is 412 g/mol. The third-order valence-electron chi connectivity index (χ3n) is 4.62. The number of ether oxygens (including phenoxy) is 1. The third kappa shape index (κ3) is 4.21. The molecule has 1 heterocycles. The van der Waals surface area contributed by atoms with Gasteiger partial charge in [-0.3, -0.25) is 4.79 Å². The third-order valence-corrected chi connectivity index (χ3v) is 4.62. The summed E-state index contributed by atoms with van der Waals surface area (Å²) < 4.78 is 5.19. The van der Waals surface area contributed by atoms with Crippen molar-refractivity contribution in [3.63, 3.8) is 0 Å². The number of hydrogen-bond donors (Lipinski definition) is 3. The van der Waals surface area contributed by atoms with Gasteiger partial charge in [-0.05, 0) is 35.9 Å². The quantitative estimate of drug-likeness (QED) is 0.434. The summed E-state index contributed by atoms with van der Waals surface area (Å²) in [6, 6.07) is 20.7. The summed E-state index contributed by atoms with van der Waals surface area (Å²) in [7, 11) is 0. The lowest BCUT2D eigenvalue weighted by molar-refractivity contribution is -0.119. The van der Waals surface area contributed by atoms with E-state index in [0.717, 1.165) is 0 Å². The molecule has 0 spiro atoms. The number of H-pyrrole nitrogens is 2. The number of carbonyl (C=O) groups excluding carboxylic acids is 2. The van der Waals surface area contributed by atoms with E-state index in [0.29, 0.717) is 33.4 Å². The summed E-state index contributed by atoms with van der Waals surface area (Å²) in [5.41, 5.74) is 3.11. The van der Waals surface area contributed by atoms with Gasteiger partial charge < -0.3 is 20.0 Å². The Morgan fingerprint density at radius 3 is 2.45 bits per heavy atom. The fraction of sp³-hybridized carbons (Fsp3) is 0.0435. The lowest BCUT2D eigenvalue weighted by atomic mass is 9.96. The number of aromatic amines is 2. The predicted molar refractivity (Wildman–Crippen MR) is 114 cm³/mol. The molecule has 0 saturated heterocycles. The molecule has 1 aromatic heterocycles. The number of nitrogens with one attached hydrogen (secondary N) is 3. The van der Waals surface area contributed by atoms with Crippen LogP contribution < -0.4 is 11.0 Å². The zero-order valence-corrected chi connectivity index (χ0v) is 16.1. The van der Waals surface area contributed by atoms with Gasteiger partial charge in [0.05, 0.1) is 28.2 Å². The molecule has 1 amide bonds. The Balaban J connectivity index is 1.47. The number of anilines is 1. The van der Waals surface area contributed by atoms with Crippen LogP contribution >= 0.6 is 0 Å². The highest BCUT2D eigenvalue weighted by molar-refractivity contribution is 6.00. The fourth-order valence-electron chi connectivity index (χ4n) is 3.23. The van der Waals surface area contributed by atoms with Crippen LogP contribution in [0.3, 0.4) is 0 Å². The number of amides is 1. The first kappa shape index (κ1) is 19.7. The van der Waals surface area contributed by atoms with Gasteiger partial charge in [0.1, 0.15) is 0 Å². The van der Waals surface area contributed by atoms with Crippen molar-refractivity contribution in [3.8, 4) is 17.2 Å². The van der Waals surface area contributed by atoms with Crippen molar-refractivity contribution in [3.05, 3.63) is 88.3 Å². The van der Waals surface area contributed by atoms with E-state index in [-0.39, 0.29) is 11.3 Å². The van der Waals surface area contributed by atoms with Gasteiger partial charge in [-0.15, -0.1) is 0 Å². The van der Waals surface area contributed by atoms with Gasteiger partial charge >= 0.3 is 11.7 Å². The minimum atomic E-state index is -0.677. The molecule has 31 heavy (non-hydrogen) atoms. The highest BCUT2D eigenvalue weighted by Crippen LogP contribution is 2.27. The molecule has 0 aliphatic rings. The lowest BCUT2D eigenvalue weighted by Gasteiger charge is -2.11. The molecule has 3 N–H and O–H groups in total. The number of fused-ring (bicyclic) bond motifs is 1. The van der Waals surface area contributed by atoms with E-state index in [1.54, 1.807) is 66.7 Å². The number of hydrogen-bond acceptors (Lipinski definition) is 5. The molecule has 8 heteroatoms. The van der Waals surface area contributed by atoms with Crippen LogP contribution in [0.25, 0.3) is 22.2 Å². The van der Waals surface area contributed by atoms with E-state index in [1.165, 1.54) is 0 Å². The molecule has 8 nitrogen and oxygen atoms in total. The van der Waals surface area contributed by atoms with Crippen molar-refractivity contribution in [2.75, 3.05) is 11.9 Å². The smallest absolute Gasteiger partial charge is 0.339 e. The predicted octanol–water partition coefficient (Wildman–Crippen LogP) is 3.19. The Morgan fingerprint density at radius 1 is 0.935 bits per heavy atom. The molecule has 4 aromatic rings. The average Bonchev–Trinajstić information content (AvgIpc) is 3.16. The molecular formula is C23H16N4O4. The van der Waals surface area contributed by atoms with Crippen LogP contribution in [-0.2, 0) is 9.53 Å². The van der Waals surface area contributed by atoms with Crippen molar-refractivity contribution < 1.29 is 14.3 Å². The maximum absolute atomic E-state index is 12.6. The van der Waals surface area contributed by atoms with Crippen LogP contribution in [0, 0.1) is 11.3 Å². The minimum Gasteiger partial charge on any atom is -0.452 e. The van der Waals surface area contributed by atoms with Gasteiger partial charge in [0.25, 0.3) is 5.91 Å². The maximum atomic E-state index is 12.6. The molecule has 0 unspecified atom stereocenters. The van der Waals surface area contributed by atoms with Crippen LogP contribution in [0.15, 0.2) is 71.5 Å². The summed E-state index contributed by atoms with van der Waals surface area (Å²) in [5, 5.41) is 12.0. The van der Waals surface area contributed by atoms with E-state index in [4.69, 9.17) is 4.74 Å². The molecule has 0 atom stereocenters. The topological polar surface area (TPSA) is 128 Å². The molecular weight excluding hydrogens is 396 g/mol. The van der Waals surface area contributed by atoms with Crippen molar-refractivity contribution in [2.45, 2.75) is 0 Å². The Kier molecular flexibility index (Phi) is 5.32. The van der Waals surface area contributed by atoms with Crippen molar-refractivity contribution in [1.29, 1.82) is 5.26 Å². The van der Waals surface area contributed by atoms with Crippen molar-refractivity contribution >= 4 is 28.6 Å². The molecule has 0 saturated carbocycles. The zero-order valence-electron chi connectivity index (χ0n) is 16.1. The first-order chi connectivity index (χ1) is 15.0. The standard InChI is InChI=1S/C23H16N4O4/c24-12-14-5-1-2-6-16(14)17-7-3-4-8-18(17)22(29)31-13-21(28)25-15-9-10-19-20(11-15)27-23(30)26-19/h1-11H,13H2,(H,25,28)(H2,26,27,30). The molecule has 0 aliphatic heterocycles. The SMILES string of the molecule is N#Cc1ccccc1-c1ccccc1C(=O)OCC(=O)Nc1ccc2[nH]c(=O)[nH]c2c1. The van der Waals surface area contributed by atoms with Crippen molar-refractivity contribution in [2.24, 2.45) is 0 Å². The number of esters is 1. The number of aromatic nitrogens is 2. The van der Waals surface area contributed by atoms with Gasteiger partial charge in [0.2, 0.25) is 0 Å². The normalized spacial score (nSPS) is 10.4. The van der Waals surface area contributed by atoms with Crippen LogP contribution in [0.4, 0.5) is 5.69 Å².